The Labute approximate surface area is 107 Å². The van der Waals surface area contributed by atoms with Gasteiger partial charge in [0.2, 0.25) is 0 Å². The molecule has 0 aromatic heterocycles. The van der Waals surface area contributed by atoms with E-state index in [9.17, 15) is 4.79 Å². The van der Waals surface area contributed by atoms with Gasteiger partial charge in [-0.25, -0.2) is 0 Å². The summed E-state index contributed by atoms with van der Waals surface area (Å²) >= 11 is 0. The van der Waals surface area contributed by atoms with Crippen molar-refractivity contribution in [3.05, 3.63) is 23.8 Å². The molecular weight excluding hydrogens is 234 g/mol. The number of ether oxygens (including phenoxy) is 2. The fourth-order valence-corrected chi connectivity index (χ4v) is 1.40. The van der Waals surface area contributed by atoms with E-state index in [1.54, 1.807) is 32.0 Å². The van der Waals surface area contributed by atoms with Crippen molar-refractivity contribution in [3.8, 4) is 11.5 Å². The summed E-state index contributed by atoms with van der Waals surface area (Å²) in [4.78, 5) is 12.0. The summed E-state index contributed by atoms with van der Waals surface area (Å²) in [5.74, 6) is 0.789. The lowest BCUT2D eigenvalue weighted by molar-refractivity contribution is 0.0869. The van der Waals surface area contributed by atoms with E-state index in [4.69, 9.17) is 14.6 Å². The minimum absolute atomic E-state index is 0.133. The number of methoxy groups -OCH3 is 2. The van der Waals surface area contributed by atoms with E-state index in [-0.39, 0.29) is 12.5 Å². The number of carbonyl (C=O) groups is 1. The number of benzene rings is 1. The molecule has 0 spiro atoms. The van der Waals surface area contributed by atoms with E-state index >= 15 is 0 Å². The molecule has 0 radical (unpaired) electrons. The number of hydrogen-bond acceptors (Lipinski definition) is 4. The predicted molar refractivity (Wildman–Crippen MR) is 68.2 cm³/mol. The summed E-state index contributed by atoms with van der Waals surface area (Å²) in [6, 6.07) is 4.91. The lowest BCUT2D eigenvalue weighted by Crippen LogP contribution is -2.46. The third kappa shape index (κ3) is 3.37. The van der Waals surface area contributed by atoms with Gasteiger partial charge in [0.05, 0.1) is 26.4 Å². The van der Waals surface area contributed by atoms with Crippen LogP contribution in [0.2, 0.25) is 0 Å². The molecule has 0 unspecified atom stereocenters. The van der Waals surface area contributed by atoms with Crippen molar-refractivity contribution in [2.45, 2.75) is 19.4 Å². The second kappa shape index (κ2) is 5.73. The highest BCUT2D eigenvalue weighted by Crippen LogP contribution is 2.27. The normalized spacial score (nSPS) is 10.9. The van der Waals surface area contributed by atoms with Gasteiger partial charge < -0.3 is 19.9 Å². The summed E-state index contributed by atoms with van der Waals surface area (Å²) in [7, 11) is 3.05. The minimum Gasteiger partial charge on any atom is -0.493 e. The summed E-state index contributed by atoms with van der Waals surface area (Å²) in [6.45, 7) is 3.35. The average molecular weight is 253 g/mol. The maximum Gasteiger partial charge on any atom is 0.251 e. The first-order chi connectivity index (χ1) is 8.43. The Balaban J connectivity index is 2.93. The van der Waals surface area contributed by atoms with E-state index < -0.39 is 5.54 Å². The molecule has 0 aliphatic rings. The van der Waals surface area contributed by atoms with Crippen molar-refractivity contribution in [2.75, 3.05) is 20.8 Å². The van der Waals surface area contributed by atoms with Crippen LogP contribution in [-0.4, -0.2) is 37.4 Å². The Kier molecular flexibility index (Phi) is 4.55. The zero-order valence-corrected chi connectivity index (χ0v) is 11.1. The highest BCUT2D eigenvalue weighted by molar-refractivity contribution is 5.95. The minimum atomic E-state index is -0.662. The lowest BCUT2D eigenvalue weighted by atomic mass is 10.1. The number of aliphatic hydroxyl groups is 1. The Morgan fingerprint density at radius 1 is 1.28 bits per heavy atom. The van der Waals surface area contributed by atoms with E-state index in [2.05, 4.69) is 5.32 Å². The predicted octanol–water partition coefficient (Wildman–Crippen LogP) is 1.20. The van der Waals surface area contributed by atoms with Crippen LogP contribution >= 0.6 is 0 Å². The number of hydrogen-bond donors (Lipinski definition) is 2. The Bertz CT molecular complexity index is 429. The van der Waals surface area contributed by atoms with Crippen molar-refractivity contribution in [2.24, 2.45) is 0 Å². The summed E-state index contributed by atoms with van der Waals surface area (Å²) in [6.07, 6.45) is 0. The molecule has 1 amide bonds. The molecule has 0 atom stereocenters. The van der Waals surface area contributed by atoms with Crippen LogP contribution < -0.4 is 14.8 Å². The largest absolute Gasteiger partial charge is 0.493 e. The van der Waals surface area contributed by atoms with Crippen LogP contribution in [0.1, 0.15) is 24.2 Å². The molecule has 2 N–H and O–H groups in total. The van der Waals surface area contributed by atoms with E-state index in [1.807, 2.05) is 0 Å². The monoisotopic (exact) mass is 253 g/mol. The third-order valence-electron chi connectivity index (χ3n) is 2.49. The molecule has 0 heterocycles. The molecule has 0 saturated carbocycles. The van der Waals surface area contributed by atoms with Gasteiger partial charge >= 0.3 is 0 Å². The van der Waals surface area contributed by atoms with Gasteiger partial charge in [0.25, 0.3) is 5.91 Å². The molecule has 100 valence electrons. The van der Waals surface area contributed by atoms with E-state index in [1.165, 1.54) is 14.2 Å². The highest BCUT2D eigenvalue weighted by atomic mass is 16.5. The summed E-state index contributed by atoms with van der Waals surface area (Å²) in [5.41, 5.74) is -0.210. The summed E-state index contributed by atoms with van der Waals surface area (Å²) < 4.78 is 10.2. The second-order valence-electron chi connectivity index (χ2n) is 4.57. The quantitative estimate of drug-likeness (QED) is 0.827. The molecule has 5 nitrogen and oxygen atoms in total. The first-order valence-corrected chi connectivity index (χ1v) is 5.59. The fraction of sp³-hybridized carbons (Fsp3) is 0.462. The van der Waals surface area contributed by atoms with Crippen molar-refractivity contribution >= 4 is 5.91 Å². The number of nitrogens with one attached hydrogen (secondary N) is 1. The van der Waals surface area contributed by atoms with Gasteiger partial charge in [0.1, 0.15) is 0 Å². The van der Waals surface area contributed by atoms with Crippen LogP contribution in [0, 0.1) is 0 Å². The van der Waals surface area contributed by atoms with Gasteiger partial charge in [0.15, 0.2) is 11.5 Å². The standard InChI is InChI=1S/C13H19NO4/c1-13(2,8-15)14-12(16)9-5-6-10(17-3)11(7-9)18-4/h5-7,15H,8H2,1-4H3,(H,14,16). The molecule has 1 rings (SSSR count). The molecular formula is C13H19NO4. The van der Waals surface area contributed by atoms with Gasteiger partial charge in [-0.05, 0) is 32.0 Å². The van der Waals surface area contributed by atoms with E-state index in [0.717, 1.165) is 0 Å². The lowest BCUT2D eigenvalue weighted by Gasteiger charge is -2.23. The number of rotatable bonds is 5. The van der Waals surface area contributed by atoms with Crippen molar-refractivity contribution in [3.63, 3.8) is 0 Å². The van der Waals surface area contributed by atoms with Gasteiger partial charge in [-0.1, -0.05) is 0 Å². The number of carbonyl (C=O) groups excluding carboxylic acids is 1. The zero-order chi connectivity index (χ0) is 13.8. The van der Waals surface area contributed by atoms with Crippen LogP contribution in [0.25, 0.3) is 0 Å². The number of amides is 1. The molecule has 0 aliphatic carbocycles. The van der Waals surface area contributed by atoms with Crippen molar-refractivity contribution in [1.82, 2.24) is 5.32 Å². The first kappa shape index (κ1) is 14.3. The van der Waals surface area contributed by atoms with E-state index in [0.29, 0.717) is 17.1 Å². The summed E-state index contributed by atoms with van der Waals surface area (Å²) in [5, 5.41) is 11.8. The van der Waals surface area contributed by atoms with Gasteiger partial charge in [-0.15, -0.1) is 0 Å². The van der Waals surface area contributed by atoms with Gasteiger partial charge in [-0.3, -0.25) is 4.79 Å². The second-order valence-corrected chi connectivity index (χ2v) is 4.57. The van der Waals surface area contributed by atoms with Crippen LogP contribution in [-0.2, 0) is 0 Å². The van der Waals surface area contributed by atoms with Crippen LogP contribution in [0.3, 0.4) is 0 Å². The average Bonchev–Trinajstić information content (AvgIpc) is 2.37. The molecule has 0 bridgehead atoms. The smallest absolute Gasteiger partial charge is 0.251 e. The van der Waals surface area contributed by atoms with Crippen molar-refractivity contribution in [1.29, 1.82) is 0 Å². The molecule has 1 aromatic rings. The third-order valence-corrected chi connectivity index (χ3v) is 2.49. The Morgan fingerprint density at radius 2 is 1.89 bits per heavy atom. The van der Waals surface area contributed by atoms with Gasteiger partial charge in [-0.2, -0.15) is 0 Å². The highest BCUT2D eigenvalue weighted by Gasteiger charge is 2.20. The topological polar surface area (TPSA) is 67.8 Å². The molecule has 18 heavy (non-hydrogen) atoms. The first-order valence-electron chi connectivity index (χ1n) is 5.59. The fourth-order valence-electron chi connectivity index (χ4n) is 1.40. The van der Waals surface area contributed by atoms with Crippen LogP contribution in [0.15, 0.2) is 18.2 Å². The maximum atomic E-state index is 12.0. The Hall–Kier alpha value is -1.75. The zero-order valence-electron chi connectivity index (χ0n) is 11.1. The maximum absolute atomic E-state index is 12.0. The molecule has 5 heteroatoms. The molecule has 0 saturated heterocycles. The van der Waals surface area contributed by atoms with Gasteiger partial charge in [0, 0.05) is 5.56 Å². The molecule has 0 fully saturated rings. The number of aliphatic hydroxyl groups excluding tert-OH is 1. The Morgan fingerprint density at radius 3 is 2.39 bits per heavy atom. The van der Waals surface area contributed by atoms with Crippen LogP contribution in [0.5, 0.6) is 11.5 Å². The SMILES string of the molecule is COc1ccc(C(=O)NC(C)(C)CO)cc1OC. The van der Waals surface area contributed by atoms with Crippen LogP contribution in [0.4, 0.5) is 0 Å². The molecule has 0 aliphatic heterocycles. The van der Waals surface area contributed by atoms with Crippen molar-refractivity contribution < 1.29 is 19.4 Å². The molecule has 1 aromatic carbocycles.